The molecule has 0 heterocycles. The van der Waals surface area contributed by atoms with Gasteiger partial charge in [-0.05, 0) is 32.5 Å². The van der Waals surface area contributed by atoms with Gasteiger partial charge < -0.3 is 0 Å². The second kappa shape index (κ2) is 3.51. The van der Waals surface area contributed by atoms with Gasteiger partial charge in [0.15, 0.2) is 0 Å². The van der Waals surface area contributed by atoms with Crippen LogP contribution in [0.5, 0.6) is 0 Å². The van der Waals surface area contributed by atoms with Crippen LogP contribution < -0.4 is 0 Å². The number of hydrogen-bond donors (Lipinski definition) is 0. The molecule has 0 N–H and O–H groups in total. The largest absolute Gasteiger partial charge is 0.226 e. The van der Waals surface area contributed by atoms with Crippen molar-refractivity contribution in [2.75, 3.05) is 0 Å². The number of aliphatic imine (C=N–C) groups is 1. The highest BCUT2D eigenvalue weighted by Crippen LogP contribution is 2.32. The Morgan fingerprint density at radius 1 is 1.36 bits per heavy atom. The van der Waals surface area contributed by atoms with Gasteiger partial charge in [0, 0.05) is 0 Å². The lowest BCUT2D eigenvalue weighted by Crippen LogP contribution is -2.22. The predicted molar refractivity (Wildman–Crippen MR) is 53.5 cm³/mol. The smallest absolute Gasteiger partial charge is 0.0739 e. The molecular weight excluding hydrogens is 153 g/mol. The fraction of sp³-hybridized carbons (Fsp3) is 0.875. The van der Waals surface area contributed by atoms with Crippen LogP contribution in [0.25, 0.3) is 0 Å². The summed E-state index contributed by atoms with van der Waals surface area (Å²) in [5, 5.41) is 2.19. The van der Waals surface area contributed by atoms with Gasteiger partial charge in [-0.25, -0.2) is 4.99 Å². The van der Waals surface area contributed by atoms with Crippen molar-refractivity contribution in [3.8, 4) is 0 Å². The normalized spacial score (nSPS) is 12.4. The number of nitrogens with zero attached hydrogens (tertiary/aromatic N) is 1. The molecule has 0 unspecified atom stereocenters. The summed E-state index contributed by atoms with van der Waals surface area (Å²) in [4.78, 5) is 4.03. The van der Waals surface area contributed by atoms with E-state index in [1.807, 2.05) is 27.7 Å². The number of thiocarbonyl (C=S) groups is 1. The average molecular weight is 167 g/mol. The zero-order valence-corrected chi connectivity index (χ0v) is 8.46. The minimum atomic E-state index is -0.195. The topological polar surface area (TPSA) is 12.4 Å². The van der Waals surface area contributed by atoms with E-state index in [0.29, 0.717) is 0 Å². The van der Waals surface area contributed by atoms with Gasteiger partial charge in [0.1, 0.15) is 0 Å². The van der Waals surface area contributed by atoms with E-state index >= 15 is 0 Å². The van der Waals surface area contributed by atoms with Gasteiger partial charge in [0.05, 0.1) is 18.5 Å². The summed E-state index contributed by atoms with van der Waals surface area (Å²) in [7, 11) is 5.83. The number of isothiocyanates is 1. The summed E-state index contributed by atoms with van der Waals surface area (Å²) in [5.74, 6) is 0. The Morgan fingerprint density at radius 2 is 1.82 bits per heavy atom. The molecule has 0 fully saturated rings. The molecule has 0 aliphatic carbocycles. The van der Waals surface area contributed by atoms with E-state index in [1.165, 1.54) is 0 Å². The van der Waals surface area contributed by atoms with Crippen LogP contribution in [0.4, 0.5) is 0 Å². The van der Waals surface area contributed by atoms with Crippen molar-refractivity contribution in [3.63, 3.8) is 0 Å². The molecule has 60 valence electrons. The molecule has 0 saturated carbocycles. The molecule has 3 heteroatoms. The minimum Gasteiger partial charge on any atom is -0.226 e. The first-order valence-corrected chi connectivity index (χ1v) is 4.06. The van der Waals surface area contributed by atoms with Crippen molar-refractivity contribution in [3.05, 3.63) is 0 Å². The van der Waals surface area contributed by atoms with E-state index in [2.05, 4.69) is 22.4 Å². The fourth-order valence-corrected chi connectivity index (χ4v) is 1.53. The van der Waals surface area contributed by atoms with E-state index in [9.17, 15) is 0 Å². The van der Waals surface area contributed by atoms with Crippen molar-refractivity contribution in [2.24, 2.45) is 4.99 Å². The van der Waals surface area contributed by atoms with Gasteiger partial charge in [-0.15, -0.1) is 0 Å². The first-order chi connectivity index (χ1) is 4.77. The third-order valence-corrected chi connectivity index (χ3v) is 1.33. The monoisotopic (exact) mass is 167 g/mol. The van der Waals surface area contributed by atoms with Crippen LogP contribution in [-0.2, 0) is 0 Å². The molecule has 0 saturated heterocycles. The molecule has 0 aliphatic heterocycles. The van der Waals surface area contributed by atoms with Gasteiger partial charge in [-0.3, -0.25) is 0 Å². The standard InChI is InChI=1S/C8H14BNS/c1-7(2,9)5-8(3,4)10-6-11/h5H2,1-4H3. The van der Waals surface area contributed by atoms with Gasteiger partial charge in [-0.2, -0.15) is 0 Å². The summed E-state index contributed by atoms with van der Waals surface area (Å²) in [6.45, 7) is 7.96. The van der Waals surface area contributed by atoms with Crippen LogP contribution in [0.1, 0.15) is 34.1 Å². The molecule has 0 spiro atoms. The Hall–Kier alpha value is -0.135. The van der Waals surface area contributed by atoms with Gasteiger partial charge in [0.2, 0.25) is 0 Å². The average Bonchev–Trinajstić information content (AvgIpc) is 1.55. The Morgan fingerprint density at radius 3 is 2.09 bits per heavy atom. The van der Waals surface area contributed by atoms with E-state index in [-0.39, 0.29) is 10.9 Å². The van der Waals surface area contributed by atoms with Crippen molar-refractivity contribution < 1.29 is 0 Å². The maximum Gasteiger partial charge on any atom is 0.0739 e. The second-order valence-electron chi connectivity index (χ2n) is 4.18. The third kappa shape index (κ3) is 6.27. The first kappa shape index (κ1) is 10.9. The molecule has 0 aliphatic rings. The van der Waals surface area contributed by atoms with Crippen LogP contribution >= 0.6 is 12.2 Å². The van der Waals surface area contributed by atoms with Gasteiger partial charge >= 0.3 is 0 Å². The predicted octanol–water partition coefficient (Wildman–Crippen LogP) is 2.62. The molecular formula is C8H14BNS. The van der Waals surface area contributed by atoms with E-state index < -0.39 is 0 Å². The summed E-state index contributed by atoms with van der Waals surface area (Å²) in [6.07, 6.45) is 0.809. The Balaban J connectivity index is 4.24. The summed E-state index contributed by atoms with van der Waals surface area (Å²) < 4.78 is 0. The highest BCUT2D eigenvalue weighted by molar-refractivity contribution is 7.78. The van der Waals surface area contributed by atoms with Crippen molar-refractivity contribution >= 4 is 25.2 Å². The lowest BCUT2D eigenvalue weighted by atomic mass is 9.66. The van der Waals surface area contributed by atoms with Crippen molar-refractivity contribution in [2.45, 2.75) is 45.0 Å². The SMILES string of the molecule is [B]C(C)(C)CC(C)(C)N=C=S. The Kier molecular flexibility index (Phi) is 3.47. The van der Waals surface area contributed by atoms with Crippen LogP contribution in [0, 0.1) is 0 Å². The maximum absolute atomic E-state index is 5.83. The van der Waals surface area contributed by atoms with Crippen LogP contribution in [0.3, 0.4) is 0 Å². The fourth-order valence-electron chi connectivity index (χ4n) is 1.28. The molecule has 0 aromatic rings. The third-order valence-electron chi connectivity index (χ3n) is 1.24. The van der Waals surface area contributed by atoms with Gasteiger partial charge in [0.25, 0.3) is 0 Å². The minimum absolute atomic E-state index is 0.181. The van der Waals surface area contributed by atoms with Crippen molar-refractivity contribution in [1.29, 1.82) is 0 Å². The van der Waals surface area contributed by atoms with Gasteiger partial charge in [-0.1, -0.05) is 19.2 Å². The zero-order valence-electron chi connectivity index (χ0n) is 7.64. The molecule has 2 radical (unpaired) electrons. The maximum atomic E-state index is 5.83. The molecule has 0 aromatic carbocycles. The molecule has 0 rings (SSSR count). The lowest BCUT2D eigenvalue weighted by Gasteiger charge is -2.28. The molecule has 11 heavy (non-hydrogen) atoms. The first-order valence-electron chi connectivity index (χ1n) is 3.65. The molecule has 0 bridgehead atoms. The molecule has 0 aromatic heterocycles. The zero-order chi connectivity index (χ0) is 9.12. The van der Waals surface area contributed by atoms with Crippen LogP contribution in [0.15, 0.2) is 4.99 Å². The second-order valence-corrected chi connectivity index (χ2v) is 4.36. The summed E-state index contributed by atoms with van der Waals surface area (Å²) >= 11 is 4.53. The molecule has 0 amide bonds. The summed E-state index contributed by atoms with van der Waals surface area (Å²) in [5.41, 5.74) is -0.181. The highest BCUT2D eigenvalue weighted by atomic mass is 32.1. The number of hydrogen-bond acceptors (Lipinski definition) is 2. The highest BCUT2D eigenvalue weighted by Gasteiger charge is 2.23. The van der Waals surface area contributed by atoms with E-state index in [1.54, 1.807) is 0 Å². The molecule has 1 nitrogen and oxygen atoms in total. The summed E-state index contributed by atoms with van der Waals surface area (Å²) in [6, 6.07) is 0. The quantitative estimate of drug-likeness (QED) is 0.357. The number of rotatable bonds is 3. The lowest BCUT2D eigenvalue weighted by molar-refractivity contribution is 0.418. The van der Waals surface area contributed by atoms with Crippen LogP contribution in [0.2, 0.25) is 5.31 Å². The Labute approximate surface area is 75.7 Å². The molecule has 0 atom stereocenters. The van der Waals surface area contributed by atoms with E-state index in [4.69, 9.17) is 7.85 Å². The Bertz CT molecular complexity index is 175. The van der Waals surface area contributed by atoms with E-state index in [0.717, 1.165) is 6.42 Å². The van der Waals surface area contributed by atoms with Crippen LogP contribution in [-0.4, -0.2) is 18.5 Å². The van der Waals surface area contributed by atoms with Crippen molar-refractivity contribution in [1.82, 2.24) is 0 Å².